The quantitative estimate of drug-likeness (QED) is 0.861. The van der Waals surface area contributed by atoms with Crippen LogP contribution in [-0.4, -0.2) is 20.9 Å². The number of hydrogen-bond acceptors (Lipinski definition) is 2. The first-order valence-corrected chi connectivity index (χ1v) is 5.33. The second-order valence-corrected chi connectivity index (χ2v) is 4.13. The molecule has 1 aromatic carbocycles. The normalized spacial score (nSPS) is 10.5. The minimum absolute atomic E-state index is 0.340. The topological polar surface area (TPSA) is 55.1 Å². The Morgan fingerprint density at radius 2 is 2.00 bits per heavy atom. The molecule has 0 spiro atoms. The van der Waals surface area contributed by atoms with Gasteiger partial charge in [0.1, 0.15) is 0 Å². The molecule has 0 aliphatic rings. The van der Waals surface area contributed by atoms with Crippen LogP contribution < -0.4 is 0 Å². The van der Waals surface area contributed by atoms with Crippen LogP contribution in [0.3, 0.4) is 0 Å². The summed E-state index contributed by atoms with van der Waals surface area (Å²) < 4.78 is 1.74. The number of carboxylic acids is 1. The molecule has 0 aliphatic heterocycles. The maximum atomic E-state index is 11.1. The molecule has 0 bridgehead atoms. The van der Waals surface area contributed by atoms with Crippen molar-refractivity contribution in [1.82, 2.24) is 9.78 Å². The van der Waals surface area contributed by atoms with Crippen molar-refractivity contribution in [3.63, 3.8) is 0 Å². The van der Waals surface area contributed by atoms with Gasteiger partial charge in [-0.25, -0.2) is 4.79 Å². The monoisotopic (exact) mass is 230 g/mol. The van der Waals surface area contributed by atoms with E-state index in [0.717, 1.165) is 22.4 Å². The molecule has 2 aromatic rings. The van der Waals surface area contributed by atoms with Crippen molar-refractivity contribution in [3.05, 3.63) is 41.1 Å². The summed E-state index contributed by atoms with van der Waals surface area (Å²) >= 11 is 0. The SMILES string of the molecule is Cc1cc(C)c(-c2ccnn2C)cc1C(=O)O. The van der Waals surface area contributed by atoms with Gasteiger partial charge in [-0.05, 0) is 37.1 Å². The van der Waals surface area contributed by atoms with Crippen molar-refractivity contribution >= 4 is 5.97 Å². The molecule has 0 saturated heterocycles. The van der Waals surface area contributed by atoms with Gasteiger partial charge in [-0.1, -0.05) is 6.07 Å². The fourth-order valence-corrected chi connectivity index (χ4v) is 2.00. The maximum absolute atomic E-state index is 11.1. The molecule has 1 heterocycles. The van der Waals surface area contributed by atoms with E-state index in [1.165, 1.54) is 0 Å². The van der Waals surface area contributed by atoms with Crippen LogP contribution in [0.2, 0.25) is 0 Å². The van der Waals surface area contributed by atoms with E-state index in [9.17, 15) is 4.79 Å². The lowest BCUT2D eigenvalue weighted by atomic mass is 9.98. The molecule has 1 aromatic heterocycles. The molecular formula is C13H14N2O2. The molecule has 88 valence electrons. The number of aryl methyl sites for hydroxylation is 3. The van der Waals surface area contributed by atoms with Crippen LogP contribution in [0.15, 0.2) is 24.4 Å². The lowest BCUT2D eigenvalue weighted by Gasteiger charge is -2.10. The Balaban J connectivity index is 2.67. The molecular weight excluding hydrogens is 216 g/mol. The van der Waals surface area contributed by atoms with Gasteiger partial charge in [0.25, 0.3) is 0 Å². The van der Waals surface area contributed by atoms with Crippen molar-refractivity contribution in [1.29, 1.82) is 0 Å². The maximum Gasteiger partial charge on any atom is 0.335 e. The largest absolute Gasteiger partial charge is 0.478 e. The molecule has 0 amide bonds. The van der Waals surface area contributed by atoms with E-state index in [1.807, 2.05) is 33.0 Å². The van der Waals surface area contributed by atoms with Crippen LogP contribution in [-0.2, 0) is 7.05 Å². The number of aromatic carboxylic acids is 1. The molecule has 0 unspecified atom stereocenters. The minimum atomic E-state index is -0.897. The van der Waals surface area contributed by atoms with E-state index in [0.29, 0.717) is 5.56 Å². The van der Waals surface area contributed by atoms with E-state index < -0.39 is 5.97 Å². The third-order valence-corrected chi connectivity index (χ3v) is 2.90. The van der Waals surface area contributed by atoms with Crippen molar-refractivity contribution in [2.45, 2.75) is 13.8 Å². The van der Waals surface area contributed by atoms with E-state index in [2.05, 4.69) is 5.10 Å². The number of rotatable bonds is 2. The van der Waals surface area contributed by atoms with Crippen molar-refractivity contribution in [2.75, 3.05) is 0 Å². The number of carbonyl (C=O) groups is 1. The highest BCUT2D eigenvalue weighted by Gasteiger charge is 2.13. The lowest BCUT2D eigenvalue weighted by Crippen LogP contribution is -2.03. The number of aromatic nitrogens is 2. The molecule has 4 nitrogen and oxygen atoms in total. The summed E-state index contributed by atoms with van der Waals surface area (Å²) in [5.74, 6) is -0.897. The summed E-state index contributed by atoms with van der Waals surface area (Å²) in [4.78, 5) is 11.1. The third kappa shape index (κ3) is 1.93. The zero-order valence-electron chi connectivity index (χ0n) is 10.1. The molecule has 4 heteroatoms. The van der Waals surface area contributed by atoms with Gasteiger partial charge in [-0.15, -0.1) is 0 Å². The first-order chi connectivity index (χ1) is 8.00. The second kappa shape index (κ2) is 4.05. The van der Waals surface area contributed by atoms with Crippen LogP contribution >= 0.6 is 0 Å². The molecule has 1 N–H and O–H groups in total. The fraction of sp³-hybridized carbons (Fsp3) is 0.231. The van der Waals surface area contributed by atoms with E-state index in [4.69, 9.17) is 5.11 Å². The Hall–Kier alpha value is -2.10. The van der Waals surface area contributed by atoms with Gasteiger partial charge >= 0.3 is 5.97 Å². The summed E-state index contributed by atoms with van der Waals surface area (Å²) in [6.07, 6.45) is 1.70. The summed E-state index contributed by atoms with van der Waals surface area (Å²) in [5.41, 5.74) is 4.00. The molecule has 17 heavy (non-hydrogen) atoms. The number of benzene rings is 1. The van der Waals surface area contributed by atoms with Crippen LogP contribution in [0.4, 0.5) is 0 Å². The number of carboxylic acid groups (broad SMARTS) is 1. The molecule has 0 radical (unpaired) electrons. The average Bonchev–Trinajstić information content (AvgIpc) is 2.64. The first-order valence-electron chi connectivity index (χ1n) is 5.33. The van der Waals surface area contributed by atoms with E-state index in [1.54, 1.807) is 16.9 Å². The van der Waals surface area contributed by atoms with Crippen LogP contribution in [0.25, 0.3) is 11.3 Å². The number of nitrogens with zero attached hydrogens (tertiary/aromatic N) is 2. The molecule has 0 aliphatic carbocycles. The number of hydrogen-bond donors (Lipinski definition) is 1. The van der Waals surface area contributed by atoms with Gasteiger partial charge in [-0.2, -0.15) is 5.10 Å². The summed E-state index contributed by atoms with van der Waals surface area (Å²) in [6.45, 7) is 3.78. The van der Waals surface area contributed by atoms with Crippen molar-refractivity contribution < 1.29 is 9.90 Å². The first kappa shape index (κ1) is 11.4. The second-order valence-electron chi connectivity index (χ2n) is 4.13. The standard InChI is InChI=1S/C13H14N2O2/c1-8-6-9(2)11(13(16)17)7-10(8)12-4-5-14-15(12)3/h4-7H,1-3H3,(H,16,17). The predicted molar refractivity (Wildman–Crippen MR) is 65.1 cm³/mol. The molecule has 0 fully saturated rings. The zero-order valence-corrected chi connectivity index (χ0v) is 10.1. The molecule has 0 saturated carbocycles. The average molecular weight is 230 g/mol. The third-order valence-electron chi connectivity index (χ3n) is 2.90. The molecule has 2 rings (SSSR count). The van der Waals surface area contributed by atoms with Gasteiger partial charge in [0.15, 0.2) is 0 Å². The van der Waals surface area contributed by atoms with Crippen molar-refractivity contribution in [3.8, 4) is 11.3 Å². The predicted octanol–water partition coefficient (Wildman–Crippen LogP) is 2.40. The Morgan fingerprint density at radius 1 is 1.29 bits per heavy atom. The highest BCUT2D eigenvalue weighted by Crippen LogP contribution is 2.26. The zero-order chi connectivity index (χ0) is 12.6. The molecule has 0 atom stereocenters. The smallest absolute Gasteiger partial charge is 0.335 e. The highest BCUT2D eigenvalue weighted by atomic mass is 16.4. The Kier molecular flexibility index (Phi) is 2.71. The minimum Gasteiger partial charge on any atom is -0.478 e. The Bertz CT molecular complexity index is 585. The Labute approximate surface area is 99.5 Å². The summed E-state index contributed by atoms with van der Waals surface area (Å²) in [5, 5.41) is 13.2. The van der Waals surface area contributed by atoms with Gasteiger partial charge in [0, 0.05) is 18.8 Å². The van der Waals surface area contributed by atoms with Gasteiger partial charge < -0.3 is 5.11 Å². The Morgan fingerprint density at radius 3 is 2.53 bits per heavy atom. The van der Waals surface area contributed by atoms with E-state index >= 15 is 0 Å². The summed E-state index contributed by atoms with van der Waals surface area (Å²) in [7, 11) is 1.84. The van der Waals surface area contributed by atoms with Crippen LogP contribution in [0.5, 0.6) is 0 Å². The van der Waals surface area contributed by atoms with Gasteiger partial charge in [0.2, 0.25) is 0 Å². The van der Waals surface area contributed by atoms with Gasteiger partial charge in [0.05, 0.1) is 11.3 Å². The van der Waals surface area contributed by atoms with Crippen LogP contribution in [0, 0.1) is 13.8 Å². The fourth-order valence-electron chi connectivity index (χ4n) is 2.00. The highest BCUT2D eigenvalue weighted by molar-refractivity contribution is 5.91. The lowest BCUT2D eigenvalue weighted by molar-refractivity contribution is 0.0696. The van der Waals surface area contributed by atoms with Crippen molar-refractivity contribution in [2.24, 2.45) is 7.05 Å². The van der Waals surface area contributed by atoms with Gasteiger partial charge in [-0.3, -0.25) is 4.68 Å². The summed E-state index contributed by atoms with van der Waals surface area (Å²) in [6, 6.07) is 5.49. The van der Waals surface area contributed by atoms with Crippen LogP contribution in [0.1, 0.15) is 21.5 Å². The van der Waals surface area contributed by atoms with E-state index in [-0.39, 0.29) is 0 Å².